The minimum absolute atomic E-state index is 0.0220. The van der Waals surface area contributed by atoms with Gasteiger partial charge in [0.1, 0.15) is 18.3 Å². The number of rotatable bonds is 11. The molecule has 0 heterocycles. The number of methoxy groups -OCH3 is 1. The number of aryl methyl sites for hydroxylation is 2. The quantitative estimate of drug-likeness (QED) is 0.264. The zero-order valence-corrected chi connectivity index (χ0v) is 27.1. The Balaban J connectivity index is 1.76. The minimum Gasteiger partial charge on any atom is -0.495 e. The summed E-state index contributed by atoms with van der Waals surface area (Å²) in [5.74, 6) is -0.612. The van der Waals surface area contributed by atoms with E-state index in [9.17, 15) is 18.0 Å². The van der Waals surface area contributed by atoms with Crippen molar-refractivity contribution in [2.24, 2.45) is 0 Å². The fourth-order valence-electron chi connectivity index (χ4n) is 5.15. The first-order chi connectivity index (χ1) is 20.4. The first-order valence-corrected chi connectivity index (χ1v) is 16.4. The Kier molecular flexibility index (Phi) is 10.6. The molecule has 0 aliphatic heterocycles. The zero-order valence-electron chi connectivity index (χ0n) is 24.8. The molecule has 2 amide bonds. The molecule has 1 N–H and O–H groups in total. The molecule has 1 aliphatic rings. The molecule has 43 heavy (non-hydrogen) atoms. The van der Waals surface area contributed by atoms with Crippen LogP contribution in [-0.2, 0) is 26.2 Å². The van der Waals surface area contributed by atoms with Crippen molar-refractivity contribution in [1.82, 2.24) is 10.2 Å². The Morgan fingerprint density at radius 2 is 1.63 bits per heavy atom. The van der Waals surface area contributed by atoms with Gasteiger partial charge in [-0.15, -0.1) is 0 Å². The van der Waals surface area contributed by atoms with Crippen LogP contribution in [0.5, 0.6) is 5.75 Å². The van der Waals surface area contributed by atoms with Crippen molar-refractivity contribution in [3.8, 4) is 5.75 Å². The summed E-state index contributed by atoms with van der Waals surface area (Å²) in [7, 11) is -2.80. The van der Waals surface area contributed by atoms with Gasteiger partial charge < -0.3 is 15.0 Å². The Bertz CT molecular complexity index is 1570. The summed E-state index contributed by atoms with van der Waals surface area (Å²) in [6, 6.07) is 15.6. The third-order valence-electron chi connectivity index (χ3n) is 7.72. The van der Waals surface area contributed by atoms with Crippen LogP contribution in [-0.4, -0.2) is 50.9 Å². The maximum absolute atomic E-state index is 14.2. The first-order valence-electron chi connectivity index (χ1n) is 14.2. The number of nitrogens with zero attached hydrogens (tertiary/aromatic N) is 2. The predicted octanol–water partition coefficient (Wildman–Crippen LogP) is 6.29. The Hall–Kier alpha value is -3.27. The number of ether oxygens (including phenoxy) is 1. The average molecular weight is 647 g/mol. The summed E-state index contributed by atoms with van der Waals surface area (Å²) in [5, 5.41) is 3.82. The summed E-state index contributed by atoms with van der Waals surface area (Å²) in [5.41, 5.74) is 2.45. The molecular weight excluding hydrogens is 609 g/mol. The number of sulfonamides is 1. The van der Waals surface area contributed by atoms with Crippen molar-refractivity contribution in [3.05, 3.63) is 87.4 Å². The van der Waals surface area contributed by atoms with Gasteiger partial charge in [-0.05, 0) is 81.1 Å². The third kappa shape index (κ3) is 7.82. The highest BCUT2D eigenvalue weighted by atomic mass is 35.5. The van der Waals surface area contributed by atoms with Crippen LogP contribution in [0.1, 0.15) is 49.3 Å². The molecule has 0 spiro atoms. The van der Waals surface area contributed by atoms with Gasteiger partial charge in [0.25, 0.3) is 10.0 Å². The highest BCUT2D eigenvalue weighted by Gasteiger charge is 2.34. The highest BCUT2D eigenvalue weighted by Crippen LogP contribution is 2.34. The molecule has 4 rings (SSSR count). The highest BCUT2D eigenvalue weighted by molar-refractivity contribution is 7.92. The van der Waals surface area contributed by atoms with Crippen LogP contribution in [0.3, 0.4) is 0 Å². The van der Waals surface area contributed by atoms with E-state index < -0.39 is 28.5 Å². The van der Waals surface area contributed by atoms with Gasteiger partial charge in [-0.2, -0.15) is 0 Å². The van der Waals surface area contributed by atoms with Gasteiger partial charge >= 0.3 is 0 Å². The zero-order chi connectivity index (χ0) is 31.3. The van der Waals surface area contributed by atoms with Crippen LogP contribution in [0, 0.1) is 13.8 Å². The molecule has 1 fully saturated rings. The predicted molar refractivity (Wildman–Crippen MR) is 170 cm³/mol. The van der Waals surface area contributed by atoms with Crippen LogP contribution >= 0.6 is 23.2 Å². The molecule has 1 atom stereocenters. The number of nitrogens with one attached hydrogen (secondary N) is 1. The van der Waals surface area contributed by atoms with Crippen molar-refractivity contribution >= 4 is 50.7 Å². The molecule has 11 heteroatoms. The van der Waals surface area contributed by atoms with E-state index in [0.29, 0.717) is 15.6 Å². The van der Waals surface area contributed by atoms with Gasteiger partial charge in [-0.1, -0.05) is 65.9 Å². The molecule has 8 nitrogen and oxygen atoms in total. The molecule has 0 aromatic heterocycles. The molecule has 0 radical (unpaired) electrons. The van der Waals surface area contributed by atoms with Gasteiger partial charge in [0.05, 0.1) is 17.7 Å². The van der Waals surface area contributed by atoms with Crippen LogP contribution in [0.15, 0.2) is 65.6 Å². The summed E-state index contributed by atoms with van der Waals surface area (Å²) in [6.45, 7) is 4.71. The second-order valence-corrected chi connectivity index (χ2v) is 13.6. The molecule has 230 valence electrons. The maximum Gasteiger partial charge on any atom is 0.264 e. The molecule has 0 unspecified atom stereocenters. The van der Waals surface area contributed by atoms with Gasteiger partial charge in [0.2, 0.25) is 11.8 Å². The fraction of sp³-hybridized carbons (Fsp3) is 0.375. The second-order valence-electron chi connectivity index (χ2n) is 10.9. The SMILES string of the molecule is COc1ccc(C)cc1N(CC(=O)N(Cc1ccc(Cl)cc1Cl)[C@H](C)C(=O)NC1CCCC1)S(=O)(=O)c1ccc(C)cc1. The van der Waals surface area contributed by atoms with Crippen molar-refractivity contribution in [3.63, 3.8) is 0 Å². The topological polar surface area (TPSA) is 96.0 Å². The van der Waals surface area contributed by atoms with Crippen molar-refractivity contribution < 1.29 is 22.7 Å². The monoisotopic (exact) mass is 645 g/mol. The van der Waals surface area contributed by atoms with Crippen LogP contribution in [0.25, 0.3) is 0 Å². The van der Waals surface area contributed by atoms with Gasteiger partial charge in [0, 0.05) is 22.6 Å². The van der Waals surface area contributed by atoms with Gasteiger partial charge in [0.15, 0.2) is 0 Å². The van der Waals surface area contributed by atoms with Gasteiger partial charge in [-0.25, -0.2) is 8.42 Å². The average Bonchev–Trinajstić information content (AvgIpc) is 3.48. The van der Waals surface area contributed by atoms with E-state index in [4.69, 9.17) is 27.9 Å². The summed E-state index contributed by atoms with van der Waals surface area (Å²) in [6.07, 6.45) is 3.83. The molecule has 0 bridgehead atoms. The standard InChI is InChI=1S/C32H37Cl2N3O5S/c1-21-9-14-27(15-10-21)43(40,41)37(29-17-22(2)11-16-30(29)42-4)20-31(38)36(19-24-12-13-25(33)18-28(24)34)23(3)32(39)35-26-7-5-6-8-26/h9-18,23,26H,5-8,19-20H2,1-4H3,(H,35,39)/t23-/m1/s1. The van der Waals surface area contributed by atoms with E-state index in [1.165, 1.54) is 24.1 Å². The molecular formula is C32H37Cl2N3O5S. The van der Waals surface area contributed by atoms with Crippen LogP contribution in [0.2, 0.25) is 10.0 Å². The number of amides is 2. The molecule has 0 saturated heterocycles. The number of carbonyl (C=O) groups is 2. The first kappa shape index (κ1) is 32.6. The lowest BCUT2D eigenvalue weighted by Gasteiger charge is -2.33. The molecule has 1 saturated carbocycles. The summed E-state index contributed by atoms with van der Waals surface area (Å²) < 4.78 is 34.9. The van der Waals surface area contributed by atoms with E-state index in [2.05, 4.69) is 5.32 Å². The second kappa shape index (κ2) is 14.0. The van der Waals surface area contributed by atoms with E-state index in [1.807, 2.05) is 13.8 Å². The summed E-state index contributed by atoms with van der Waals surface area (Å²) in [4.78, 5) is 29.0. The van der Waals surface area contributed by atoms with E-state index >= 15 is 0 Å². The maximum atomic E-state index is 14.2. The number of carbonyl (C=O) groups excluding carboxylic acids is 2. The van der Waals surface area contributed by atoms with E-state index in [0.717, 1.165) is 41.1 Å². The number of halogens is 2. The fourth-order valence-corrected chi connectivity index (χ4v) is 7.04. The van der Waals surface area contributed by atoms with Crippen LogP contribution in [0.4, 0.5) is 5.69 Å². The largest absolute Gasteiger partial charge is 0.495 e. The Morgan fingerprint density at radius 3 is 2.26 bits per heavy atom. The van der Waals surface area contributed by atoms with Gasteiger partial charge in [-0.3, -0.25) is 13.9 Å². The van der Waals surface area contributed by atoms with Crippen LogP contribution < -0.4 is 14.4 Å². The Morgan fingerprint density at radius 1 is 0.977 bits per heavy atom. The summed E-state index contributed by atoms with van der Waals surface area (Å²) >= 11 is 12.6. The number of hydrogen-bond acceptors (Lipinski definition) is 5. The van der Waals surface area contributed by atoms with E-state index in [-0.39, 0.29) is 34.8 Å². The normalized spacial score (nSPS) is 14.3. The molecule has 3 aromatic carbocycles. The Labute approximate surface area is 264 Å². The molecule has 1 aliphatic carbocycles. The van der Waals surface area contributed by atoms with Crippen molar-refractivity contribution in [2.75, 3.05) is 18.0 Å². The smallest absolute Gasteiger partial charge is 0.264 e. The van der Waals surface area contributed by atoms with E-state index in [1.54, 1.807) is 55.5 Å². The lowest BCUT2D eigenvalue weighted by Crippen LogP contribution is -2.52. The minimum atomic E-state index is -4.24. The number of benzene rings is 3. The third-order valence-corrected chi connectivity index (χ3v) is 10.1. The number of hydrogen-bond donors (Lipinski definition) is 1. The lowest BCUT2D eigenvalue weighted by molar-refractivity contribution is -0.139. The number of anilines is 1. The van der Waals surface area contributed by atoms with Crippen molar-refractivity contribution in [2.45, 2.75) is 70.0 Å². The lowest BCUT2D eigenvalue weighted by atomic mass is 10.1. The van der Waals surface area contributed by atoms with Crippen molar-refractivity contribution in [1.29, 1.82) is 0 Å². The molecule has 3 aromatic rings.